The van der Waals surface area contributed by atoms with E-state index in [0.29, 0.717) is 18.9 Å². The van der Waals surface area contributed by atoms with E-state index in [0.717, 1.165) is 31.5 Å². The van der Waals surface area contributed by atoms with E-state index in [-0.39, 0.29) is 16.7 Å². The molecule has 1 aromatic rings. The third kappa shape index (κ3) is 3.19. The van der Waals surface area contributed by atoms with E-state index < -0.39 is 0 Å². The van der Waals surface area contributed by atoms with Crippen LogP contribution in [0.3, 0.4) is 0 Å². The molecule has 1 aromatic carbocycles. The minimum absolute atomic E-state index is 0.0623. The molecule has 1 unspecified atom stereocenters. The molecule has 6 heteroatoms. The van der Waals surface area contributed by atoms with Crippen molar-refractivity contribution in [2.45, 2.75) is 32.2 Å². The van der Waals surface area contributed by atoms with E-state index >= 15 is 0 Å². The van der Waals surface area contributed by atoms with Gasteiger partial charge in [-0.1, -0.05) is 0 Å². The monoisotopic (exact) mass is 279 g/mol. The summed E-state index contributed by atoms with van der Waals surface area (Å²) in [6.45, 7) is 3.80. The van der Waals surface area contributed by atoms with Crippen molar-refractivity contribution in [2.24, 2.45) is 5.73 Å². The second-order valence-corrected chi connectivity index (χ2v) is 4.95. The van der Waals surface area contributed by atoms with Gasteiger partial charge in [-0.3, -0.25) is 10.1 Å². The third-order valence-corrected chi connectivity index (χ3v) is 3.63. The van der Waals surface area contributed by atoms with E-state index in [1.54, 1.807) is 6.07 Å². The summed E-state index contributed by atoms with van der Waals surface area (Å²) in [7, 11) is 0. The van der Waals surface area contributed by atoms with Gasteiger partial charge in [0.15, 0.2) is 0 Å². The van der Waals surface area contributed by atoms with Gasteiger partial charge in [0.2, 0.25) is 0 Å². The van der Waals surface area contributed by atoms with Crippen LogP contribution in [0.2, 0.25) is 0 Å². The molecule has 0 spiro atoms. The molecule has 0 aromatic heterocycles. The van der Waals surface area contributed by atoms with E-state index in [1.807, 2.05) is 13.0 Å². The van der Waals surface area contributed by atoms with Gasteiger partial charge in [-0.25, -0.2) is 0 Å². The first-order valence-corrected chi connectivity index (χ1v) is 7.04. The van der Waals surface area contributed by atoms with Crippen molar-refractivity contribution in [3.05, 3.63) is 28.3 Å². The molecule has 0 aliphatic carbocycles. The average molecular weight is 279 g/mol. The van der Waals surface area contributed by atoms with E-state index in [1.165, 1.54) is 6.07 Å². The summed E-state index contributed by atoms with van der Waals surface area (Å²) in [5.41, 5.74) is 6.71. The van der Waals surface area contributed by atoms with E-state index in [2.05, 4.69) is 4.90 Å². The van der Waals surface area contributed by atoms with Gasteiger partial charge in [-0.05, 0) is 26.2 Å². The van der Waals surface area contributed by atoms with Gasteiger partial charge in [0.25, 0.3) is 5.69 Å². The van der Waals surface area contributed by atoms with Gasteiger partial charge in [-0.2, -0.15) is 0 Å². The lowest BCUT2D eigenvalue weighted by atomic mass is 10.0. The Hall–Kier alpha value is -1.82. The Bertz CT molecular complexity index is 479. The van der Waals surface area contributed by atoms with Gasteiger partial charge in [0, 0.05) is 37.0 Å². The summed E-state index contributed by atoms with van der Waals surface area (Å²) in [6, 6.07) is 5.19. The minimum Gasteiger partial charge on any atom is -0.494 e. The molecule has 110 valence electrons. The van der Waals surface area contributed by atoms with Crippen molar-refractivity contribution in [2.75, 3.05) is 24.6 Å². The van der Waals surface area contributed by atoms with Crippen molar-refractivity contribution in [3.63, 3.8) is 0 Å². The van der Waals surface area contributed by atoms with Crippen molar-refractivity contribution in [3.8, 4) is 5.75 Å². The fourth-order valence-corrected chi connectivity index (χ4v) is 2.67. The largest absolute Gasteiger partial charge is 0.494 e. The molecule has 1 fully saturated rings. The smallest absolute Gasteiger partial charge is 0.275 e. The Morgan fingerprint density at radius 1 is 1.45 bits per heavy atom. The maximum Gasteiger partial charge on any atom is 0.275 e. The fraction of sp³-hybridized carbons (Fsp3) is 0.571. The predicted octanol–water partition coefficient (Wildman–Crippen LogP) is 2.31. The highest BCUT2D eigenvalue weighted by molar-refractivity contribution is 5.59. The lowest BCUT2D eigenvalue weighted by Gasteiger charge is -2.37. The summed E-state index contributed by atoms with van der Waals surface area (Å²) >= 11 is 0. The molecule has 2 rings (SSSR count). The number of nitrogens with zero attached hydrogens (tertiary/aromatic N) is 2. The first kappa shape index (κ1) is 14.6. The molecule has 2 N–H and O–H groups in total. The van der Waals surface area contributed by atoms with Crippen molar-refractivity contribution >= 4 is 11.4 Å². The molecule has 1 saturated heterocycles. The summed E-state index contributed by atoms with van der Waals surface area (Å²) in [6.07, 6.45) is 3.28. The molecule has 0 radical (unpaired) electrons. The van der Waals surface area contributed by atoms with Crippen LogP contribution >= 0.6 is 0 Å². The zero-order chi connectivity index (χ0) is 14.5. The molecule has 1 heterocycles. The molecule has 0 bridgehead atoms. The summed E-state index contributed by atoms with van der Waals surface area (Å²) in [5.74, 6) is 0.540. The van der Waals surface area contributed by atoms with Crippen LogP contribution in [0.5, 0.6) is 5.75 Å². The fourth-order valence-electron chi connectivity index (χ4n) is 2.67. The Balaban J connectivity index is 2.35. The molecule has 0 saturated carbocycles. The minimum atomic E-state index is -0.382. The lowest BCUT2D eigenvalue weighted by molar-refractivity contribution is -0.384. The number of benzene rings is 1. The van der Waals surface area contributed by atoms with Gasteiger partial charge in [0.1, 0.15) is 5.75 Å². The van der Waals surface area contributed by atoms with Crippen LogP contribution < -0.4 is 15.4 Å². The topological polar surface area (TPSA) is 81.6 Å². The number of ether oxygens (including phenoxy) is 1. The highest BCUT2D eigenvalue weighted by atomic mass is 16.6. The van der Waals surface area contributed by atoms with Crippen LogP contribution in [-0.2, 0) is 0 Å². The average Bonchev–Trinajstić information content (AvgIpc) is 2.47. The Kier molecular flexibility index (Phi) is 4.79. The van der Waals surface area contributed by atoms with Crippen molar-refractivity contribution < 1.29 is 9.66 Å². The predicted molar refractivity (Wildman–Crippen MR) is 78.3 cm³/mol. The maximum absolute atomic E-state index is 11.1. The summed E-state index contributed by atoms with van der Waals surface area (Å²) in [4.78, 5) is 12.8. The normalized spacial score (nSPS) is 18.9. The zero-order valence-electron chi connectivity index (χ0n) is 11.7. The van der Waals surface area contributed by atoms with Gasteiger partial charge >= 0.3 is 0 Å². The van der Waals surface area contributed by atoms with E-state index in [4.69, 9.17) is 10.5 Å². The van der Waals surface area contributed by atoms with Crippen LogP contribution in [0.4, 0.5) is 11.4 Å². The Morgan fingerprint density at radius 2 is 2.25 bits per heavy atom. The molecule has 1 aliphatic heterocycles. The number of piperidine rings is 1. The number of hydrogen-bond acceptors (Lipinski definition) is 5. The second-order valence-electron chi connectivity index (χ2n) is 4.95. The Morgan fingerprint density at radius 3 is 2.90 bits per heavy atom. The van der Waals surface area contributed by atoms with Crippen molar-refractivity contribution in [1.29, 1.82) is 0 Å². The van der Waals surface area contributed by atoms with E-state index in [9.17, 15) is 10.1 Å². The third-order valence-electron chi connectivity index (χ3n) is 3.63. The molecule has 6 nitrogen and oxygen atoms in total. The number of nitro benzene ring substituents is 1. The van der Waals surface area contributed by atoms with Gasteiger partial charge in [0.05, 0.1) is 17.6 Å². The Labute approximate surface area is 118 Å². The summed E-state index contributed by atoms with van der Waals surface area (Å²) < 4.78 is 5.43. The molecule has 1 atom stereocenters. The highest BCUT2D eigenvalue weighted by Crippen LogP contribution is 2.32. The molecular weight excluding hydrogens is 258 g/mol. The van der Waals surface area contributed by atoms with Gasteiger partial charge < -0.3 is 15.4 Å². The molecular formula is C14H21N3O3. The number of non-ortho nitro benzene ring substituents is 1. The zero-order valence-corrected chi connectivity index (χ0v) is 11.7. The van der Waals surface area contributed by atoms with Crippen LogP contribution in [0.25, 0.3) is 0 Å². The second kappa shape index (κ2) is 6.56. The highest BCUT2D eigenvalue weighted by Gasteiger charge is 2.23. The lowest BCUT2D eigenvalue weighted by Crippen LogP contribution is -2.44. The number of hydrogen-bond donors (Lipinski definition) is 1. The first-order valence-electron chi connectivity index (χ1n) is 7.04. The van der Waals surface area contributed by atoms with Crippen LogP contribution in [0.1, 0.15) is 26.2 Å². The standard InChI is InChI=1S/C14H21N3O3/c1-2-20-14-8-12(7-13(9-14)17(18)19)16-6-4-3-5-11(16)10-15/h7-9,11H,2-6,10,15H2,1H3. The van der Waals surface area contributed by atoms with Crippen molar-refractivity contribution in [1.82, 2.24) is 0 Å². The van der Waals surface area contributed by atoms with Crippen LogP contribution in [0, 0.1) is 10.1 Å². The molecule has 0 amide bonds. The first-order chi connectivity index (χ1) is 9.65. The number of anilines is 1. The quantitative estimate of drug-likeness (QED) is 0.660. The molecule has 1 aliphatic rings. The maximum atomic E-state index is 11.1. The number of rotatable bonds is 5. The SMILES string of the molecule is CCOc1cc(N2CCCCC2CN)cc([N+](=O)[O-])c1. The number of nitrogens with two attached hydrogens (primary N) is 1. The van der Waals surface area contributed by atoms with Gasteiger partial charge in [-0.15, -0.1) is 0 Å². The number of nitro groups is 1. The molecule has 20 heavy (non-hydrogen) atoms. The van der Waals surface area contributed by atoms with Crippen LogP contribution in [0.15, 0.2) is 18.2 Å². The van der Waals surface area contributed by atoms with Crippen LogP contribution in [-0.4, -0.2) is 30.7 Å². The summed E-state index contributed by atoms with van der Waals surface area (Å²) in [5, 5.41) is 11.1.